The molecule has 10 nitrogen and oxygen atoms in total. The number of pyridine rings is 2. The first-order valence-electron chi connectivity index (χ1n) is 11.4. The lowest BCUT2D eigenvalue weighted by Gasteiger charge is -2.22. The highest BCUT2D eigenvalue weighted by Gasteiger charge is 2.43. The van der Waals surface area contributed by atoms with E-state index in [0.717, 1.165) is 17.7 Å². The highest BCUT2D eigenvalue weighted by molar-refractivity contribution is 5.99. The first kappa shape index (κ1) is 21.8. The van der Waals surface area contributed by atoms with Gasteiger partial charge in [0.2, 0.25) is 5.88 Å². The number of ether oxygens (including phenoxy) is 4. The molecule has 0 aliphatic carbocycles. The van der Waals surface area contributed by atoms with Crippen molar-refractivity contribution in [2.24, 2.45) is 5.92 Å². The number of fused-ring (bicyclic) bond motifs is 3. The molecular formula is C24H24FN5O5. The number of benzene rings is 1. The van der Waals surface area contributed by atoms with Gasteiger partial charge in [0.05, 0.1) is 24.8 Å². The summed E-state index contributed by atoms with van der Waals surface area (Å²) in [6, 6.07) is 3.30. The summed E-state index contributed by atoms with van der Waals surface area (Å²) in [4.78, 5) is 21.1. The third kappa shape index (κ3) is 3.76. The summed E-state index contributed by atoms with van der Waals surface area (Å²) in [5.41, 5.74) is 8.53. The number of nitrogen functional groups attached to an aromatic ring is 1. The van der Waals surface area contributed by atoms with Crippen LogP contribution in [0.5, 0.6) is 5.88 Å². The summed E-state index contributed by atoms with van der Waals surface area (Å²) >= 11 is 0. The molecule has 0 radical (unpaired) electrons. The summed E-state index contributed by atoms with van der Waals surface area (Å²) in [6.45, 7) is 3.91. The number of carbonyl (C=O) groups excluding carboxylic acids is 1. The Morgan fingerprint density at radius 2 is 2.11 bits per heavy atom. The molecule has 2 aromatic heterocycles. The lowest BCUT2D eigenvalue weighted by molar-refractivity contribution is -0.0907. The maximum atomic E-state index is 15.3. The second kappa shape index (κ2) is 8.51. The molecule has 2 fully saturated rings. The molecule has 6 rings (SSSR count). The van der Waals surface area contributed by atoms with Crippen LogP contribution in [0.25, 0.3) is 21.9 Å². The minimum absolute atomic E-state index is 0.0315. The van der Waals surface area contributed by atoms with Crippen LogP contribution in [0.4, 0.5) is 26.4 Å². The third-order valence-corrected chi connectivity index (χ3v) is 6.71. The van der Waals surface area contributed by atoms with Crippen molar-refractivity contribution >= 4 is 34.1 Å². The van der Waals surface area contributed by atoms with E-state index in [1.54, 1.807) is 18.3 Å². The number of nitrogens with one attached hydrogen (secondary N) is 2. The van der Waals surface area contributed by atoms with Crippen LogP contribution in [0, 0.1) is 18.7 Å². The highest BCUT2D eigenvalue weighted by Crippen LogP contribution is 2.39. The van der Waals surface area contributed by atoms with Gasteiger partial charge in [-0.3, -0.25) is 5.32 Å². The van der Waals surface area contributed by atoms with Crippen molar-refractivity contribution in [3.8, 4) is 17.0 Å². The molecule has 11 heteroatoms. The van der Waals surface area contributed by atoms with Gasteiger partial charge in [0.1, 0.15) is 24.2 Å². The van der Waals surface area contributed by atoms with E-state index in [0.29, 0.717) is 54.1 Å². The Morgan fingerprint density at radius 3 is 3.00 bits per heavy atom. The molecule has 4 N–H and O–H groups in total. The van der Waals surface area contributed by atoms with Crippen LogP contribution in [-0.2, 0) is 14.2 Å². The minimum atomic E-state index is -0.644. The fraction of sp³-hybridized carbons (Fsp3) is 0.375. The fourth-order valence-electron chi connectivity index (χ4n) is 4.87. The number of nitrogens with zero attached hydrogens (tertiary/aromatic N) is 2. The number of halogens is 1. The molecule has 0 bridgehead atoms. The quantitative estimate of drug-likeness (QED) is 0.482. The van der Waals surface area contributed by atoms with Crippen LogP contribution < -0.4 is 21.1 Å². The molecule has 182 valence electrons. The second-order valence-corrected chi connectivity index (χ2v) is 8.79. The standard InChI is InChI=1S/C24H24FN5O5/c1-11-15(8-29-22-21(11)27-3-5-32-22)14-6-12-7-18(28-9-16(12)20(26)19(14)25)30-24(31)35-17-10-34-23-13(17)2-4-33-23/h6-9,13,17,23,27H,2-5,10,26H2,1H3,(H,28,30,31)/t13-,17+,23+/m0/s1. The number of anilines is 3. The van der Waals surface area contributed by atoms with Gasteiger partial charge in [0, 0.05) is 35.5 Å². The fourth-order valence-corrected chi connectivity index (χ4v) is 4.87. The number of hydrogen-bond acceptors (Lipinski definition) is 9. The predicted molar refractivity (Wildman–Crippen MR) is 126 cm³/mol. The second-order valence-electron chi connectivity index (χ2n) is 8.79. The van der Waals surface area contributed by atoms with Crippen molar-refractivity contribution < 1.29 is 28.1 Å². The molecule has 0 unspecified atom stereocenters. The molecule has 3 aliphatic heterocycles. The van der Waals surface area contributed by atoms with Crippen molar-refractivity contribution in [1.82, 2.24) is 9.97 Å². The van der Waals surface area contributed by atoms with E-state index >= 15 is 4.39 Å². The molecule has 1 amide bonds. The number of rotatable bonds is 3. The SMILES string of the molecule is Cc1c(-c2cc3cc(NC(=O)O[C@@H]4CO[C@H]5OCC[C@H]54)ncc3c(N)c2F)cnc2c1NCCO2. The van der Waals surface area contributed by atoms with Crippen molar-refractivity contribution in [2.75, 3.05) is 42.7 Å². The smallest absolute Gasteiger partial charge is 0.413 e. The van der Waals surface area contributed by atoms with Crippen LogP contribution in [0.2, 0.25) is 0 Å². The average molecular weight is 481 g/mol. The van der Waals surface area contributed by atoms with Gasteiger partial charge in [0.15, 0.2) is 12.1 Å². The summed E-state index contributed by atoms with van der Waals surface area (Å²) in [5, 5.41) is 6.95. The Hall–Kier alpha value is -3.70. The average Bonchev–Trinajstić information content (AvgIpc) is 3.47. The van der Waals surface area contributed by atoms with Gasteiger partial charge in [-0.05, 0) is 36.4 Å². The molecule has 3 aliphatic rings. The Bertz CT molecular complexity index is 1340. The van der Waals surface area contributed by atoms with Crippen LogP contribution >= 0.6 is 0 Å². The molecule has 3 atom stereocenters. The Kier molecular flexibility index (Phi) is 5.30. The predicted octanol–water partition coefficient (Wildman–Crippen LogP) is 3.44. The monoisotopic (exact) mass is 481 g/mol. The van der Waals surface area contributed by atoms with Crippen molar-refractivity contribution in [3.05, 3.63) is 35.9 Å². The normalized spacial score (nSPS) is 22.7. The number of aromatic nitrogens is 2. The van der Waals surface area contributed by atoms with E-state index in [9.17, 15) is 4.79 Å². The topological polar surface area (TPSA) is 130 Å². The number of amides is 1. The van der Waals surface area contributed by atoms with E-state index in [4.69, 9.17) is 24.7 Å². The van der Waals surface area contributed by atoms with E-state index in [2.05, 4.69) is 20.6 Å². The van der Waals surface area contributed by atoms with Gasteiger partial charge in [-0.25, -0.2) is 19.2 Å². The minimum Gasteiger partial charge on any atom is -0.474 e. The van der Waals surface area contributed by atoms with Gasteiger partial charge < -0.3 is 30.0 Å². The third-order valence-electron chi connectivity index (χ3n) is 6.71. The number of carbonyl (C=O) groups is 1. The Balaban J connectivity index is 1.29. The van der Waals surface area contributed by atoms with E-state index in [1.165, 1.54) is 6.20 Å². The molecular weight excluding hydrogens is 457 g/mol. The lowest BCUT2D eigenvalue weighted by Crippen LogP contribution is -2.28. The molecule has 0 saturated carbocycles. The zero-order chi connectivity index (χ0) is 24.1. The molecule has 35 heavy (non-hydrogen) atoms. The molecule has 3 aromatic rings. The first-order valence-corrected chi connectivity index (χ1v) is 11.4. The maximum Gasteiger partial charge on any atom is 0.413 e. The number of nitrogens with two attached hydrogens (primary N) is 1. The lowest BCUT2D eigenvalue weighted by atomic mass is 9.97. The van der Waals surface area contributed by atoms with E-state index in [1.807, 2.05) is 6.92 Å². The first-order chi connectivity index (χ1) is 17.0. The largest absolute Gasteiger partial charge is 0.474 e. The van der Waals surface area contributed by atoms with Crippen LogP contribution in [0.15, 0.2) is 24.5 Å². The van der Waals surface area contributed by atoms with E-state index < -0.39 is 11.9 Å². The molecule has 5 heterocycles. The zero-order valence-electron chi connectivity index (χ0n) is 19.0. The van der Waals surface area contributed by atoms with Crippen LogP contribution in [0.1, 0.15) is 12.0 Å². The molecule has 0 spiro atoms. The summed E-state index contributed by atoms with van der Waals surface area (Å²) in [5.74, 6) is 0.219. The Labute approximate surface area is 199 Å². The van der Waals surface area contributed by atoms with Gasteiger partial charge in [0.25, 0.3) is 0 Å². The summed E-state index contributed by atoms with van der Waals surface area (Å²) in [7, 11) is 0. The van der Waals surface area contributed by atoms with Crippen LogP contribution in [0.3, 0.4) is 0 Å². The summed E-state index contributed by atoms with van der Waals surface area (Å²) in [6.07, 6.45) is 2.45. The summed E-state index contributed by atoms with van der Waals surface area (Å²) < 4.78 is 37.4. The van der Waals surface area contributed by atoms with Gasteiger partial charge in [-0.2, -0.15) is 0 Å². The van der Waals surface area contributed by atoms with Crippen molar-refractivity contribution in [3.63, 3.8) is 0 Å². The van der Waals surface area contributed by atoms with E-state index in [-0.39, 0.29) is 29.8 Å². The zero-order valence-corrected chi connectivity index (χ0v) is 19.0. The number of hydrogen-bond donors (Lipinski definition) is 3. The highest BCUT2D eigenvalue weighted by atomic mass is 19.1. The van der Waals surface area contributed by atoms with Crippen molar-refractivity contribution in [1.29, 1.82) is 0 Å². The molecule has 1 aromatic carbocycles. The van der Waals surface area contributed by atoms with Crippen LogP contribution in [-0.4, -0.2) is 54.8 Å². The molecule has 2 saturated heterocycles. The van der Waals surface area contributed by atoms with Gasteiger partial charge >= 0.3 is 6.09 Å². The Morgan fingerprint density at radius 1 is 1.23 bits per heavy atom. The maximum absolute atomic E-state index is 15.3. The van der Waals surface area contributed by atoms with Crippen molar-refractivity contribution in [2.45, 2.75) is 25.7 Å². The van der Waals surface area contributed by atoms with Gasteiger partial charge in [-0.15, -0.1) is 0 Å². The van der Waals surface area contributed by atoms with Gasteiger partial charge in [-0.1, -0.05) is 0 Å².